The van der Waals surface area contributed by atoms with Gasteiger partial charge in [-0.25, -0.2) is 0 Å². The van der Waals surface area contributed by atoms with Crippen molar-refractivity contribution in [1.29, 1.82) is 0 Å². The van der Waals surface area contributed by atoms with Gasteiger partial charge in [0.25, 0.3) is 0 Å². The van der Waals surface area contributed by atoms with Crippen LogP contribution in [0.3, 0.4) is 0 Å². The van der Waals surface area contributed by atoms with Crippen molar-refractivity contribution in [1.82, 2.24) is 0 Å². The Hall–Kier alpha value is -1.51. The van der Waals surface area contributed by atoms with Crippen molar-refractivity contribution in [3.8, 4) is 5.75 Å². The Bertz CT molecular complexity index is 636. The average molecular weight is 316 g/mol. The van der Waals surface area contributed by atoms with Gasteiger partial charge in [-0.05, 0) is 73.1 Å². The molecule has 0 saturated heterocycles. The fraction of sp³-hybridized carbons (Fsp3) is 0.650. The zero-order valence-electron chi connectivity index (χ0n) is 14.7. The van der Waals surface area contributed by atoms with Gasteiger partial charge in [0, 0.05) is 0 Å². The van der Waals surface area contributed by atoms with Gasteiger partial charge < -0.3 is 9.84 Å². The number of phenols is 1. The Morgan fingerprint density at radius 3 is 2.74 bits per heavy atom. The molecule has 0 aromatic heterocycles. The lowest BCUT2D eigenvalue weighted by atomic mass is 9.49. The molecule has 1 aromatic carbocycles. The predicted octanol–water partition coefficient (Wildman–Crippen LogP) is 4.14. The molecule has 2 aliphatic carbocycles. The third kappa shape index (κ3) is 2.28. The highest BCUT2D eigenvalue weighted by Crippen LogP contribution is 2.58. The van der Waals surface area contributed by atoms with Crippen molar-refractivity contribution in [2.45, 2.75) is 64.7 Å². The first kappa shape index (κ1) is 16.4. The Morgan fingerprint density at radius 1 is 1.35 bits per heavy atom. The van der Waals surface area contributed by atoms with Crippen molar-refractivity contribution in [2.75, 3.05) is 7.11 Å². The first-order chi connectivity index (χ1) is 10.9. The number of esters is 1. The van der Waals surface area contributed by atoms with Gasteiger partial charge in [-0.1, -0.05) is 26.3 Å². The van der Waals surface area contributed by atoms with E-state index < -0.39 is 5.41 Å². The van der Waals surface area contributed by atoms with Gasteiger partial charge in [0.15, 0.2) is 0 Å². The number of rotatable bonds is 2. The predicted molar refractivity (Wildman–Crippen MR) is 90.6 cm³/mol. The minimum absolute atomic E-state index is 0.0570. The maximum absolute atomic E-state index is 12.5. The van der Waals surface area contributed by atoms with Gasteiger partial charge in [0.1, 0.15) is 5.75 Å². The van der Waals surface area contributed by atoms with Crippen molar-refractivity contribution in [3.05, 3.63) is 28.8 Å². The fourth-order valence-electron chi connectivity index (χ4n) is 5.32. The topological polar surface area (TPSA) is 46.5 Å². The quantitative estimate of drug-likeness (QED) is 0.834. The maximum Gasteiger partial charge on any atom is 0.311 e. The zero-order valence-corrected chi connectivity index (χ0v) is 14.7. The number of aryl methyl sites for hydroxylation is 2. The number of fused-ring (bicyclic) bond motifs is 3. The normalized spacial score (nSPS) is 32.8. The number of hydrogen-bond donors (Lipinski definition) is 1. The van der Waals surface area contributed by atoms with Gasteiger partial charge >= 0.3 is 5.97 Å². The van der Waals surface area contributed by atoms with E-state index in [1.54, 1.807) is 0 Å². The minimum Gasteiger partial charge on any atom is -0.508 e. The number of carbonyl (C=O) groups excluding carboxylic acids is 1. The van der Waals surface area contributed by atoms with Crippen molar-refractivity contribution in [2.24, 2.45) is 11.3 Å². The van der Waals surface area contributed by atoms with Gasteiger partial charge in [0.2, 0.25) is 0 Å². The summed E-state index contributed by atoms with van der Waals surface area (Å²) in [5.74, 6) is 0.598. The first-order valence-corrected chi connectivity index (χ1v) is 8.80. The largest absolute Gasteiger partial charge is 0.508 e. The highest BCUT2D eigenvalue weighted by atomic mass is 16.5. The molecule has 0 radical (unpaired) electrons. The molecule has 23 heavy (non-hydrogen) atoms. The number of ether oxygens (including phenoxy) is 1. The molecule has 1 fully saturated rings. The molecular formula is C20H28O3. The van der Waals surface area contributed by atoms with Gasteiger partial charge in [-0.3, -0.25) is 4.79 Å². The third-order valence-electron chi connectivity index (χ3n) is 6.59. The molecular weight excluding hydrogens is 288 g/mol. The van der Waals surface area contributed by atoms with Crippen LogP contribution in [0.5, 0.6) is 5.75 Å². The molecule has 3 atom stereocenters. The minimum atomic E-state index is -0.418. The van der Waals surface area contributed by atoms with E-state index in [2.05, 4.69) is 26.8 Å². The Morgan fingerprint density at radius 2 is 2.09 bits per heavy atom. The number of benzene rings is 1. The average Bonchev–Trinajstić information content (AvgIpc) is 2.53. The van der Waals surface area contributed by atoms with Gasteiger partial charge in [-0.15, -0.1) is 0 Å². The molecule has 1 saturated carbocycles. The molecule has 2 aliphatic rings. The standard InChI is InChI=1S/C20H28O3/c1-5-13-11-14-7-8-17-19(2,15(14)12-16(13)21)9-6-10-20(17,3)18(22)23-4/h11-12,17,21H,5-10H2,1-4H3/t17-,19-,20+/m1/s1. The number of aromatic hydroxyl groups is 1. The van der Waals surface area contributed by atoms with Crippen molar-refractivity contribution >= 4 is 5.97 Å². The second kappa shape index (κ2) is 5.54. The third-order valence-corrected chi connectivity index (χ3v) is 6.59. The summed E-state index contributed by atoms with van der Waals surface area (Å²) in [5, 5.41) is 10.4. The highest BCUT2D eigenvalue weighted by molar-refractivity contribution is 5.77. The van der Waals surface area contributed by atoms with Crippen LogP contribution in [0.15, 0.2) is 12.1 Å². The fourth-order valence-corrected chi connectivity index (χ4v) is 5.32. The van der Waals surface area contributed by atoms with E-state index in [1.807, 2.05) is 6.07 Å². The lowest BCUT2D eigenvalue weighted by Crippen LogP contribution is -2.52. The second-order valence-corrected chi connectivity index (χ2v) is 7.76. The molecule has 0 heterocycles. The highest BCUT2D eigenvalue weighted by Gasteiger charge is 2.55. The summed E-state index contributed by atoms with van der Waals surface area (Å²) in [6.07, 6.45) is 5.84. The first-order valence-electron chi connectivity index (χ1n) is 8.80. The van der Waals surface area contributed by atoms with Crippen molar-refractivity contribution in [3.63, 3.8) is 0 Å². The molecule has 126 valence electrons. The van der Waals surface area contributed by atoms with Crippen LogP contribution in [0.1, 0.15) is 63.1 Å². The maximum atomic E-state index is 12.5. The van der Waals surface area contributed by atoms with E-state index >= 15 is 0 Å². The number of carbonyl (C=O) groups is 1. The lowest BCUT2D eigenvalue weighted by Gasteiger charge is -2.54. The van der Waals surface area contributed by atoms with E-state index in [0.717, 1.165) is 44.1 Å². The van der Waals surface area contributed by atoms with Crippen LogP contribution in [0.25, 0.3) is 0 Å². The molecule has 0 aliphatic heterocycles. The van der Waals surface area contributed by atoms with E-state index in [-0.39, 0.29) is 17.3 Å². The van der Waals surface area contributed by atoms with Gasteiger partial charge in [0.05, 0.1) is 12.5 Å². The lowest BCUT2D eigenvalue weighted by molar-refractivity contribution is -0.161. The summed E-state index contributed by atoms with van der Waals surface area (Å²) in [5.41, 5.74) is 3.15. The van der Waals surface area contributed by atoms with E-state index in [4.69, 9.17) is 4.74 Å². The summed E-state index contributed by atoms with van der Waals surface area (Å²) in [6, 6.07) is 4.15. The molecule has 3 nitrogen and oxygen atoms in total. The van der Waals surface area contributed by atoms with Crippen LogP contribution in [-0.4, -0.2) is 18.2 Å². The van der Waals surface area contributed by atoms with Crippen LogP contribution in [0, 0.1) is 11.3 Å². The van der Waals surface area contributed by atoms with Gasteiger partial charge in [-0.2, -0.15) is 0 Å². The number of hydrogen-bond acceptors (Lipinski definition) is 3. The second-order valence-electron chi connectivity index (χ2n) is 7.76. The summed E-state index contributed by atoms with van der Waals surface area (Å²) in [7, 11) is 1.50. The van der Waals surface area contributed by atoms with Crippen LogP contribution >= 0.6 is 0 Å². The summed E-state index contributed by atoms with van der Waals surface area (Å²) >= 11 is 0. The van der Waals surface area contributed by atoms with Crippen LogP contribution in [0.2, 0.25) is 0 Å². The molecule has 1 aromatic rings. The molecule has 3 rings (SSSR count). The molecule has 3 heteroatoms. The van der Waals surface area contributed by atoms with E-state index in [9.17, 15) is 9.90 Å². The van der Waals surface area contributed by atoms with Crippen LogP contribution < -0.4 is 0 Å². The summed E-state index contributed by atoms with van der Waals surface area (Å²) < 4.78 is 5.15. The molecule has 1 N–H and O–H groups in total. The SMILES string of the molecule is CCc1cc2c(cc1O)[C@@]1(C)CCC[C@](C)(C(=O)OC)[C@@H]1CC2. The number of methoxy groups -OCH3 is 1. The molecule has 0 amide bonds. The number of phenolic OH excluding ortho intramolecular Hbond substituents is 1. The van der Waals surface area contributed by atoms with Crippen LogP contribution in [0.4, 0.5) is 0 Å². The van der Waals surface area contributed by atoms with E-state index in [1.165, 1.54) is 18.2 Å². The molecule has 0 unspecified atom stereocenters. The smallest absolute Gasteiger partial charge is 0.311 e. The van der Waals surface area contributed by atoms with Crippen molar-refractivity contribution < 1.29 is 14.6 Å². The Balaban J connectivity index is 2.11. The Kier molecular flexibility index (Phi) is 3.94. The monoisotopic (exact) mass is 316 g/mol. The van der Waals surface area contributed by atoms with Crippen LogP contribution in [-0.2, 0) is 27.8 Å². The zero-order chi connectivity index (χ0) is 16.8. The summed E-state index contributed by atoms with van der Waals surface area (Å²) in [6.45, 7) is 6.43. The Labute approximate surface area is 139 Å². The van der Waals surface area contributed by atoms with E-state index in [0.29, 0.717) is 5.75 Å². The molecule has 0 bridgehead atoms. The summed E-state index contributed by atoms with van der Waals surface area (Å²) in [4.78, 5) is 12.5. The molecule has 0 spiro atoms.